The second-order valence-corrected chi connectivity index (χ2v) is 9.36. The van der Waals surface area contributed by atoms with E-state index >= 15 is 0 Å². The van der Waals surface area contributed by atoms with Crippen LogP contribution in [0.4, 0.5) is 5.13 Å². The number of rotatable bonds is 8. The smallest absolute Gasteiger partial charge is 0.278 e. The van der Waals surface area contributed by atoms with Crippen LogP contribution in [0.1, 0.15) is 18.3 Å². The molecule has 0 radical (unpaired) electrons. The van der Waals surface area contributed by atoms with Crippen LogP contribution in [-0.4, -0.2) is 61.5 Å². The van der Waals surface area contributed by atoms with E-state index in [0.717, 1.165) is 17.1 Å². The Labute approximate surface area is 202 Å². The van der Waals surface area contributed by atoms with Crippen LogP contribution in [0.5, 0.6) is 0 Å². The number of aliphatic carboxylic acids is 1. The number of nitrogens with zero attached hydrogens (tertiary/aromatic N) is 5. The summed E-state index contributed by atoms with van der Waals surface area (Å²) in [4.78, 5) is 47.9. The highest BCUT2D eigenvalue weighted by Gasteiger charge is 2.53. The Kier molecular flexibility index (Phi) is 6.79. The molecule has 2 atom stereocenters. The highest BCUT2D eigenvalue weighted by molar-refractivity contribution is 8.00. The topological polar surface area (TPSA) is 167 Å². The molecule has 0 aromatic carbocycles. The third-order valence-corrected chi connectivity index (χ3v) is 6.94. The third kappa shape index (κ3) is 4.59. The summed E-state index contributed by atoms with van der Waals surface area (Å²) in [6, 6.07) is 2.84. The summed E-state index contributed by atoms with van der Waals surface area (Å²) in [5, 5.41) is 17.9. The number of hydrogen-bond donors (Lipinski definition) is 2. The van der Waals surface area contributed by atoms with Crippen molar-refractivity contribution in [2.24, 2.45) is 5.16 Å². The van der Waals surface area contributed by atoms with Gasteiger partial charge >= 0.3 is 0 Å². The zero-order valence-electron chi connectivity index (χ0n) is 18.3. The summed E-state index contributed by atoms with van der Waals surface area (Å²) >= 11 is 2.24. The summed E-state index contributed by atoms with van der Waals surface area (Å²) in [7, 11) is 0. The van der Waals surface area contributed by atoms with E-state index in [-0.39, 0.29) is 29.0 Å². The minimum atomic E-state index is -1.44. The van der Waals surface area contributed by atoms with E-state index in [1.54, 1.807) is 6.92 Å². The Morgan fingerprint density at radius 1 is 1.47 bits per heavy atom. The molecule has 4 rings (SSSR count). The van der Waals surface area contributed by atoms with Crippen LogP contribution in [0.25, 0.3) is 0 Å². The summed E-state index contributed by atoms with van der Waals surface area (Å²) in [6.07, 6.45) is 3.71. The van der Waals surface area contributed by atoms with Crippen molar-refractivity contribution in [3.05, 3.63) is 47.2 Å². The number of fused-ring (bicyclic) bond motifs is 1. The summed E-state index contributed by atoms with van der Waals surface area (Å²) < 4.78 is 5.82. The number of β-lactam (4-membered cyclic amide) rings is 1. The predicted octanol–water partition coefficient (Wildman–Crippen LogP) is -1.44. The molecule has 34 heavy (non-hydrogen) atoms. The second-order valence-electron chi connectivity index (χ2n) is 7.47. The zero-order valence-corrected chi connectivity index (χ0v) is 19.9. The molecule has 0 saturated carbocycles. The van der Waals surface area contributed by atoms with E-state index in [0.29, 0.717) is 17.9 Å². The molecule has 2 amide bonds. The first kappa shape index (κ1) is 23.6. The average molecular weight is 504 g/mol. The van der Waals surface area contributed by atoms with Crippen LogP contribution in [-0.2, 0) is 25.8 Å². The van der Waals surface area contributed by atoms with E-state index in [1.165, 1.54) is 16.7 Å². The number of nitrogens with two attached hydrogens (primary N) is 1. The van der Waals surface area contributed by atoms with Crippen LogP contribution >= 0.6 is 23.3 Å². The Morgan fingerprint density at radius 2 is 2.26 bits per heavy atom. The van der Waals surface area contributed by atoms with Crippen molar-refractivity contribution in [1.29, 1.82) is 0 Å². The van der Waals surface area contributed by atoms with Gasteiger partial charge in [0.2, 0.25) is 11.5 Å². The van der Waals surface area contributed by atoms with Gasteiger partial charge in [-0.25, -0.2) is 4.57 Å². The first-order valence-electron chi connectivity index (χ1n) is 10.2. The first-order valence-corrected chi connectivity index (χ1v) is 12.1. The lowest BCUT2D eigenvalue weighted by Crippen LogP contribution is -2.71. The van der Waals surface area contributed by atoms with E-state index in [1.807, 2.05) is 36.0 Å². The molecule has 2 aromatic rings. The zero-order chi connectivity index (χ0) is 24.4. The largest absolute Gasteiger partial charge is 0.543 e. The van der Waals surface area contributed by atoms with Crippen LogP contribution in [0, 0.1) is 6.92 Å². The minimum Gasteiger partial charge on any atom is -0.543 e. The summed E-state index contributed by atoms with van der Waals surface area (Å²) in [5.41, 5.74) is 6.78. The van der Waals surface area contributed by atoms with Crippen molar-refractivity contribution in [3.63, 3.8) is 0 Å². The van der Waals surface area contributed by atoms with Crippen LogP contribution < -0.4 is 20.7 Å². The first-order chi connectivity index (χ1) is 16.3. The normalized spacial score (nSPS) is 20.0. The van der Waals surface area contributed by atoms with Crippen molar-refractivity contribution < 1.29 is 28.9 Å². The number of amides is 2. The maximum Gasteiger partial charge on any atom is 0.278 e. The van der Waals surface area contributed by atoms with Gasteiger partial charge in [-0.15, -0.1) is 11.8 Å². The van der Waals surface area contributed by atoms with Gasteiger partial charge < -0.3 is 25.8 Å². The molecule has 178 valence electrons. The van der Waals surface area contributed by atoms with Crippen LogP contribution in [0.2, 0.25) is 0 Å². The molecular weight excluding hydrogens is 482 g/mol. The molecule has 3 N–H and O–H groups in total. The Hall–Kier alpha value is -3.52. The van der Waals surface area contributed by atoms with Crippen molar-refractivity contribution in [2.45, 2.75) is 31.8 Å². The fourth-order valence-electron chi connectivity index (χ4n) is 3.62. The van der Waals surface area contributed by atoms with E-state index < -0.39 is 29.2 Å². The molecule has 14 heteroatoms. The Bertz CT molecular complexity index is 1210. The number of pyridine rings is 1. The van der Waals surface area contributed by atoms with Gasteiger partial charge in [-0.1, -0.05) is 5.16 Å². The molecule has 2 aromatic heterocycles. The fourth-order valence-corrected chi connectivity index (χ4v) is 5.39. The van der Waals surface area contributed by atoms with Gasteiger partial charge in [-0.3, -0.25) is 14.5 Å². The highest BCUT2D eigenvalue weighted by atomic mass is 32.2. The number of anilines is 1. The van der Waals surface area contributed by atoms with Gasteiger partial charge in [-0.05, 0) is 19.9 Å². The van der Waals surface area contributed by atoms with Crippen LogP contribution in [0.3, 0.4) is 0 Å². The summed E-state index contributed by atoms with van der Waals surface area (Å²) in [5.74, 6) is -2.40. The number of aromatic nitrogens is 3. The lowest BCUT2D eigenvalue weighted by Gasteiger charge is -2.50. The SMILES string of the molecule is CCON=C(C(=O)NC1C(=O)N2C(C(=O)[O-])=C(C[n+]3cccc(C)c3)CS[C@@H]12)c1nsc(N)n1. The third-order valence-electron chi connectivity index (χ3n) is 5.06. The molecule has 0 bridgehead atoms. The van der Waals surface area contributed by atoms with Crippen molar-refractivity contribution in [3.8, 4) is 0 Å². The lowest BCUT2D eigenvalue weighted by atomic mass is 10.0. The molecule has 0 spiro atoms. The number of hydrogen-bond acceptors (Lipinski definition) is 11. The molecule has 0 aliphatic carbocycles. The van der Waals surface area contributed by atoms with Gasteiger partial charge in [0.25, 0.3) is 11.8 Å². The van der Waals surface area contributed by atoms with Gasteiger partial charge in [-0.2, -0.15) is 9.36 Å². The molecule has 4 heterocycles. The van der Waals surface area contributed by atoms with Gasteiger partial charge in [0.05, 0.1) is 11.7 Å². The number of carboxylic acids is 1. The number of nitrogens with one attached hydrogen (secondary N) is 1. The number of nitrogen functional groups attached to an aromatic ring is 1. The maximum absolute atomic E-state index is 12.9. The quantitative estimate of drug-likeness (QED) is 0.190. The van der Waals surface area contributed by atoms with Crippen LogP contribution in [0.15, 0.2) is 41.0 Å². The monoisotopic (exact) mass is 503 g/mol. The number of carbonyl (C=O) groups excluding carboxylic acids is 3. The van der Waals surface area contributed by atoms with Gasteiger partial charge in [0.15, 0.2) is 24.1 Å². The van der Waals surface area contributed by atoms with Gasteiger partial charge in [0, 0.05) is 34.5 Å². The molecular formula is C20H21N7O5S2. The number of aryl methyl sites for hydroxylation is 1. The molecule has 2 aliphatic rings. The standard InChI is InChI=1S/C20H21N7O5S2/c1-3-32-24-12(15-23-20(21)34-25-15)16(28)22-13-17(29)27-14(19(30)31)11(9-33-18(13)27)8-26-6-4-5-10(2)7-26/h4-7,13,18H,3,8-9H2,1-2H3,(H3-,21,22,23,25,28,30,31)/t13?,18-/m0/s1. The Morgan fingerprint density at radius 3 is 2.91 bits per heavy atom. The molecule has 1 fully saturated rings. The predicted molar refractivity (Wildman–Crippen MR) is 121 cm³/mol. The lowest BCUT2D eigenvalue weighted by molar-refractivity contribution is -0.689. The van der Waals surface area contributed by atoms with Crippen molar-refractivity contribution >= 4 is 51.9 Å². The fraction of sp³-hybridized carbons (Fsp3) is 0.350. The van der Waals surface area contributed by atoms with E-state index in [9.17, 15) is 19.5 Å². The molecule has 1 saturated heterocycles. The number of carboxylic acid groups (broad SMARTS) is 1. The van der Waals surface area contributed by atoms with Gasteiger partial charge in [0.1, 0.15) is 18.0 Å². The number of oxime groups is 1. The minimum absolute atomic E-state index is 0.0267. The Balaban J connectivity index is 1.53. The van der Waals surface area contributed by atoms with E-state index in [4.69, 9.17) is 10.6 Å². The second kappa shape index (κ2) is 9.77. The van der Waals surface area contributed by atoms with E-state index in [2.05, 4.69) is 19.8 Å². The number of thioether (sulfide) groups is 1. The molecule has 2 aliphatic heterocycles. The maximum atomic E-state index is 12.9. The van der Waals surface area contributed by atoms with Crippen molar-refractivity contribution in [2.75, 3.05) is 18.1 Å². The molecule has 12 nitrogen and oxygen atoms in total. The average Bonchev–Trinajstić information content (AvgIpc) is 3.23. The summed E-state index contributed by atoms with van der Waals surface area (Å²) in [6.45, 7) is 4.12. The molecule has 1 unspecified atom stereocenters. The number of carbonyl (C=O) groups is 3. The highest BCUT2D eigenvalue weighted by Crippen LogP contribution is 2.40. The van der Waals surface area contributed by atoms with Crippen molar-refractivity contribution in [1.82, 2.24) is 19.6 Å².